The fourth-order valence-electron chi connectivity index (χ4n) is 2.52. The van der Waals surface area contributed by atoms with Crippen LogP contribution in [0, 0.1) is 0 Å². The fourth-order valence-corrected chi connectivity index (χ4v) is 3.10. The number of rotatable bonds is 7. The first-order chi connectivity index (χ1) is 13.8. The quantitative estimate of drug-likeness (QED) is 0.448. The van der Waals surface area contributed by atoms with Crippen molar-refractivity contribution in [2.24, 2.45) is 4.99 Å². The van der Waals surface area contributed by atoms with Crippen LogP contribution in [-0.4, -0.2) is 32.6 Å². The van der Waals surface area contributed by atoms with Crippen LogP contribution in [0.4, 0.5) is 8.78 Å². The highest BCUT2D eigenvalue weighted by Gasteiger charge is 2.15. The van der Waals surface area contributed by atoms with Gasteiger partial charge in [-0.2, -0.15) is 8.78 Å². The predicted octanol–water partition coefficient (Wildman–Crippen LogP) is 3.82. The van der Waals surface area contributed by atoms with E-state index in [4.69, 9.17) is 23.2 Å². The minimum atomic E-state index is -3.02. The molecule has 0 aliphatic heterocycles. The molecule has 29 heavy (non-hydrogen) atoms. The second-order valence-corrected chi connectivity index (χ2v) is 6.66. The monoisotopic (exact) mass is 444 g/mol. The van der Waals surface area contributed by atoms with Crippen molar-refractivity contribution in [2.45, 2.75) is 19.7 Å². The van der Waals surface area contributed by atoms with E-state index in [-0.39, 0.29) is 23.2 Å². The molecular formula is C19H20Cl2F2N4O2. The third-order valence-electron chi connectivity index (χ3n) is 3.84. The maximum Gasteiger partial charge on any atom is 0.387 e. The van der Waals surface area contributed by atoms with Gasteiger partial charge in [0.15, 0.2) is 5.96 Å². The molecule has 0 unspecified atom stereocenters. The van der Waals surface area contributed by atoms with Crippen LogP contribution >= 0.6 is 23.2 Å². The molecule has 0 spiro atoms. The first kappa shape index (κ1) is 22.7. The number of carbonyl (C=O) groups excluding carboxylic acids is 1. The molecule has 0 radical (unpaired) electrons. The van der Waals surface area contributed by atoms with Crippen molar-refractivity contribution in [3.05, 3.63) is 63.1 Å². The van der Waals surface area contributed by atoms with E-state index in [2.05, 4.69) is 25.7 Å². The molecule has 6 nitrogen and oxygen atoms in total. The number of hydrogen-bond acceptors (Lipinski definition) is 3. The minimum absolute atomic E-state index is 0.0106. The summed E-state index contributed by atoms with van der Waals surface area (Å²) in [6, 6.07) is 9.92. The second kappa shape index (κ2) is 10.8. The number of halogens is 4. The molecule has 2 rings (SSSR count). The Morgan fingerprint density at radius 2 is 1.90 bits per heavy atom. The van der Waals surface area contributed by atoms with Gasteiger partial charge in [0.1, 0.15) is 5.75 Å². The number of ether oxygens (including phenoxy) is 1. The standard InChI is InChI=1S/C19H20Cl2F2N4O2/c1-24-17(28)12-5-3-4-11(6-12)9-26-19(25-2)27-10-13-7-14(20)8-15(21)16(13)29-18(22)23/h3-8,18H,9-10H2,1-2H3,(H,24,28)(H2,25,26,27). The molecule has 0 saturated carbocycles. The molecular weight excluding hydrogens is 425 g/mol. The van der Waals surface area contributed by atoms with Gasteiger partial charge in [-0.3, -0.25) is 9.79 Å². The van der Waals surface area contributed by atoms with Gasteiger partial charge in [0.2, 0.25) is 0 Å². The summed E-state index contributed by atoms with van der Waals surface area (Å²) in [5.74, 6) is 0.0838. The first-order valence-corrected chi connectivity index (χ1v) is 9.28. The van der Waals surface area contributed by atoms with Crippen LogP contribution in [0.15, 0.2) is 41.4 Å². The number of alkyl halides is 2. The van der Waals surface area contributed by atoms with Gasteiger partial charge in [-0.15, -0.1) is 0 Å². The molecule has 0 heterocycles. The van der Waals surface area contributed by atoms with Crippen LogP contribution < -0.4 is 20.7 Å². The van der Waals surface area contributed by atoms with Crippen molar-refractivity contribution in [2.75, 3.05) is 14.1 Å². The molecule has 3 N–H and O–H groups in total. The summed E-state index contributed by atoms with van der Waals surface area (Å²) in [5, 5.41) is 8.92. The molecule has 0 atom stereocenters. The zero-order valence-corrected chi connectivity index (χ0v) is 17.2. The molecule has 10 heteroatoms. The van der Waals surface area contributed by atoms with Crippen LogP contribution in [-0.2, 0) is 13.1 Å². The Kier molecular flexibility index (Phi) is 8.48. The largest absolute Gasteiger partial charge is 0.433 e. The van der Waals surface area contributed by atoms with Crippen molar-refractivity contribution < 1.29 is 18.3 Å². The van der Waals surface area contributed by atoms with Crippen molar-refractivity contribution in [1.29, 1.82) is 0 Å². The van der Waals surface area contributed by atoms with Crippen LogP contribution in [0.1, 0.15) is 21.5 Å². The van der Waals surface area contributed by atoms with E-state index in [1.165, 1.54) is 12.1 Å². The van der Waals surface area contributed by atoms with Gasteiger partial charge in [-0.25, -0.2) is 0 Å². The van der Waals surface area contributed by atoms with E-state index in [0.29, 0.717) is 28.7 Å². The van der Waals surface area contributed by atoms with Crippen molar-refractivity contribution >= 4 is 35.1 Å². The Labute approximate surface area is 177 Å². The predicted molar refractivity (Wildman–Crippen MR) is 110 cm³/mol. The molecule has 2 aromatic rings. The zero-order chi connectivity index (χ0) is 21.4. The number of guanidine groups is 1. The Bertz CT molecular complexity index is 895. The number of nitrogens with zero attached hydrogens (tertiary/aromatic N) is 1. The Hall–Kier alpha value is -2.58. The van der Waals surface area contributed by atoms with Crippen LogP contribution in [0.5, 0.6) is 5.75 Å². The highest BCUT2D eigenvalue weighted by Crippen LogP contribution is 2.33. The van der Waals surface area contributed by atoms with Crippen molar-refractivity contribution in [3.63, 3.8) is 0 Å². The van der Waals surface area contributed by atoms with E-state index in [1.54, 1.807) is 32.3 Å². The smallest absolute Gasteiger partial charge is 0.387 e. The Balaban J connectivity index is 2.04. The Morgan fingerprint density at radius 3 is 2.55 bits per heavy atom. The lowest BCUT2D eigenvalue weighted by Gasteiger charge is -2.16. The highest BCUT2D eigenvalue weighted by atomic mass is 35.5. The van der Waals surface area contributed by atoms with Crippen LogP contribution in [0.25, 0.3) is 0 Å². The molecule has 1 amide bonds. The summed E-state index contributed by atoms with van der Waals surface area (Å²) >= 11 is 11.9. The number of amides is 1. The molecule has 0 aromatic heterocycles. The zero-order valence-electron chi connectivity index (χ0n) is 15.7. The number of aliphatic imine (C=N–C) groups is 1. The van der Waals surface area contributed by atoms with Gasteiger partial charge in [0.25, 0.3) is 5.91 Å². The molecule has 0 aliphatic rings. The van der Waals surface area contributed by atoms with Crippen molar-refractivity contribution in [3.8, 4) is 5.75 Å². The summed E-state index contributed by atoms with van der Waals surface area (Å²) < 4.78 is 29.9. The lowest BCUT2D eigenvalue weighted by atomic mass is 10.1. The van der Waals surface area contributed by atoms with E-state index >= 15 is 0 Å². The maximum atomic E-state index is 12.7. The summed E-state index contributed by atoms with van der Waals surface area (Å²) in [7, 11) is 3.13. The van der Waals surface area contributed by atoms with Crippen LogP contribution in [0.3, 0.4) is 0 Å². The topological polar surface area (TPSA) is 74.8 Å². The number of benzene rings is 2. The second-order valence-electron chi connectivity index (χ2n) is 5.81. The SMILES string of the molecule is CN=C(NCc1cccc(C(=O)NC)c1)NCc1cc(Cl)cc(Cl)c1OC(F)F. The lowest BCUT2D eigenvalue weighted by molar-refractivity contribution is -0.0504. The van der Waals surface area contributed by atoms with Gasteiger partial charge in [-0.1, -0.05) is 35.3 Å². The summed E-state index contributed by atoms with van der Waals surface area (Å²) in [6.45, 7) is -2.53. The number of hydrogen-bond donors (Lipinski definition) is 3. The maximum absolute atomic E-state index is 12.7. The van der Waals surface area contributed by atoms with E-state index in [0.717, 1.165) is 5.56 Å². The van der Waals surface area contributed by atoms with Gasteiger partial charge >= 0.3 is 6.61 Å². The van der Waals surface area contributed by atoms with Gasteiger partial charge < -0.3 is 20.7 Å². The third kappa shape index (κ3) is 6.76. The highest BCUT2D eigenvalue weighted by molar-refractivity contribution is 6.35. The lowest BCUT2D eigenvalue weighted by Crippen LogP contribution is -2.36. The molecule has 0 fully saturated rings. The molecule has 0 saturated heterocycles. The minimum Gasteiger partial charge on any atom is -0.433 e. The fraction of sp³-hybridized carbons (Fsp3) is 0.263. The summed E-state index contributed by atoms with van der Waals surface area (Å²) in [6.07, 6.45) is 0. The molecule has 0 aliphatic carbocycles. The summed E-state index contributed by atoms with van der Waals surface area (Å²) in [4.78, 5) is 15.8. The number of carbonyl (C=O) groups is 1. The normalized spacial score (nSPS) is 11.3. The van der Waals surface area contributed by atoms with E-state index < -0.39 is 6.61 Å². The van der Waals surface area contributed by atoms with Gasteiger partial charge in [-0.05, 0) is 29.8 Å². The van der Waals surface area contributed by atoms with Crippen LogP contribution in [0.2, 0.25) is 10.0 Å². The molecule has 156 valence electrons. The van der Waals surface area contributed by atoms with Crippen molar-refractivity contribution in [1.82, 2.24) is 16.0 Å². The van der Waals surface area contributed by atoms with E-state index in [9.17, 15) is 13.6 Å². The first-order valence-electron chi connectivity index (χ1n) is 8.52. The van der Waals surface area contributed by atoms with E-state index in [1.807, 2.05) is 6.07 Å². The molecule has 2 aromatic carbocycles. The molecule has 0 bridgehead atoms. The van der Waals surface area contributed by atoms with Gasteiger partial charge in [0, 0.05) is 43.3 Å². The Morgan fingerprint density at radius 1 is 1.17 bits per heavy atom. The van der Waals surface area contributed by atoms with Gasteiger partial charge in [0.05, 0.1) is 5.02 Å². The average molecular weight is 445 g/mol. The average Bonchev–Trinajstić information content (AvgIpc) is 2.69. The third-order valence-corrected chi connectivity index (χ3v) is 4.34. The summed E-state index contributed by atoms with van der Waals surface area (Å²) in [5.41, 5.74) is 1.76. The number of nitrogens with one attached hydrogen (secondary N) is 3.